The van der Waals surface area contributed by atoms with Gasteiger partial charge in [-0.2, -0.15) is 0 Å². The fourth-order valence-corrected chi connectivity index (χ4v) is 5.38. The number of ether oxygens (including phenoxy) is 1. The highest BCUT2D eigenvalue weighted by molar-refractivity contribution is 5.86. The zero-order chi connectivity index (χ0) is 23.5. The van der Waals surface area contributed by atoms with Crippen LogP contribution in [-0.4, -0.2) is 18.3 Å². The van der Waals surface area contributed by atoms with Crippen LogP contribution >= 0.6 is 0 Å². The molecule has 0 aromatic heterocycles. The van der Waals surface area contributed by atoms with Gasteiger partial charge in [-0.05, 0) is 63.4 Å². The SMILES string of the molecule is CCC(C)c1ccc(C2(c3ccc(OCCCO)cc3)c3ccccc3-c3ccccc32)cc1. The first kappa shape index (κ1) is 22.4. The lowest BCUT2D eigenvalue weighted by Gasteiger charge is -2.34. The van der Waals surface area contributed by atoms with Crippen molar-refractivity contribution >= 4 is 0 Å². The van der Waals surface area contributed by atoms with E-state index >= 15 is 0 Å². The summed E-state index contributed by atoms with van der Waals surface area (Å²) in [6, 6.07) is 35.4. The highest BCUT2D eigenvalue weighted by atomic mass is 16.5. The predicted octanol–water partition coefficient (Wildman–Crippen LogP) is 7.32. The highest BCUT2D eigenvalue weighted by Gasteiger charge is 2.45. The maximum atomic E-state index is 9.07. The van der Waals surface area contributed by atoms with Gasteiger partial charge in [0.25, 0.3) is 0 Å². The summed E-state index contributed by atoms with van der Waals surface area (Å²) in [6.45, 7) is 5.19. The summed E-state index contributed by atoms with van der Waals surface area (Å²) in [5.41, 5.74) is 8.75. The molecule has 0 heterocycles. The molecule has 1 N–H and O–H groups in total. The number of aliphatic hydroxyl groups excluding tert-OH is 1. The van der Waals surface area contributed by atoms with Crippen LogP contribution in [0.3, 0.4) is 0 Å². The Morgan fingerprint density at radius 3 is 1.79 bits per heavy atom. The minimum absolute atomic E-state index is 0.140. The topological polar surface area (TPSA) is 29.5 Å². The molecule has 0 saturated carbocycles. The smallest absolute Gasteiger partial charge is 0.119 e. The molecule has 34 heavy (non-hydrogen) atoms. The summed E-state index contributed by atoms with van der Waals surface area (Å²) in [4.78, 5) is 0. The van der Waals surface area contributed by atoms with Crippen LogP contribution in [0.15, 0.2) is 97.1 Å². The maximum Gasteiger partial charge on any atom is 0.119 e. The van der Waals surface area contributed by atoms with Crippen LogP contribution in [0.25, 0.3) is 11.1 Å². The molecule has 0 fully saturated rings. The molecule has 0 spiro atoms. The lowest BCUT2D eigenvalue weighted by molar-refractivity contribution is 0.233. The van der Waals surface area contributed by atoms with Gasteiger partial charge in [0.2, 0.25) is 0 Å². The highest BCUT2D eigenvalue weighted by Crippen LogP contribution is 2.56. The van der Waals surface area contributed by atoms with E-state index in [4.69, 9.17) is 9.84 Å². The summed E-state index contributed by atoms with van der Waals surface area (Å²) in [5, 5.41) is 9.07. The van der Waals surface area contributed by atoms with Crippen molar-refractivity contribution in [1.82, 2.24) is 0 Å². The van der Waals surface area contributed by atoms with Gasteiger partial charge in [-0.25, -0.2) is 0 Å². The van der Waals surface area contributed by atoms with Gasteiger partial charge in [-0.1, -0.05) is 98.8 Å². The van der Waals surface area contributed by atoms with E-state index < -0.39 is 0 Å². The van der Waals surface area contributed by atoms with Gasteiger partial charge in [0, 0.05) is 13.0 Å². The van der Waals surface area contributed by atoms with Crippen LogP contribution in [-0.2, 0) is 5.41 Å². The molecule has 1 aliphatic rings. The van der Waals surface area contributed by atoms with Crippen LogP contribution in [0.2, 0.25) is 0 Å². The number of fused-ring (bicyclic) bond motifs is 3. The Kier molecular flexibility index (Phi) is 6.26. The summed E-state index contributed by atoms with van der Waals surface area (Å²) in [7, 11) is 0. The molecule has 172 valence electrons. The van der Waals surface area contributed by atoms with Crippen molar-refractivity contribution in [3.63, 3.8) is 0 Å². The Balaban J connectivity index is 1.71. The molecular weight excluding hydrogens is 416 g/mol. The van der Waals surface area contributed by atoms with Gasteiger partial charge in [-0.15, -0.1) is 0 Å². The van der Waals surface area contributed by atoms with E-state index in [1.807, 2.05) is 0 Å². The largest absolute Gasteiger partial charge is 0.494 e. The Morgan fingerprint density at radius 1 is 0.735 bits per heavy atom. The van der Waals surface area contributed by atoms with Crippen molar-refractivity contribution in [1.29, 1.82) is 0 Å². The molecule has 5 rings (SSSR count). The van der Waals surface area contributed by atoms with Crippen LogP contribution in [0.4, 0.5) is 0 Å². The monoisotopic (exact) mass is 448 g/mol. The Bertz CT molecular complexity index is 1210. The predicted molar refractivity (Wildman–Crippen MR) is 140 cm³/mol. The molecule has 0 saturated heterocycles. The zero-order valence-corrected chi connectivity index (χ0v) is 20.0. The first-order valence-electron chi connectivity index (χ1n) is 12.3. The van der Waals surface area contributed by atoms with Crippen molar-refractivity contribution in [2.45, 2.75) is 38.0 Å². The second kappa shape index (κ2) is 9.48. The molecule has 1 unspecified atom stereocenters. The Labute approximate surface area is 202 Å². The van der Waals surface area contributed by atoms with Gasteiger partial charge < -0.3 is 9.84 Å². The first-order chi connectivity index (χ1) is 16.7. The van der Waals surface area contributed by atoms with E-state index in [-0.39, 0.29) is 12.0 Å². The van der Waals surface area contributed by atoms with E-state index in [0.29, 0.717) is 18.9 Å². The third-order valence-electron chi connectivity index (χ3n) is 7.34. The van der Waals surface area contributed by atoms with Gasteiger partial charge in [0.05, 0.1) is 12.0 Å². The molecule has 0 aliphatic heterocycles. The number of hydrogen-bond donors (Lipinski definition) is 1. The zero-order valence-electron chi connectivity index (χ0n) is 20.0. The van der Waals surface area contributed by atoms with Crippen molar-refractivity contribution in [3.8, 4) is 16.9 Å². The minimum atomic E-state index is -0.384. The van der Waals surface area contributed by atoms with E-state index in [0.717, 1.165) is 12.2 Å². The fourth-order valence-electron chi connectivity index (χ4n) is 5.38. The van der Waals surface area contributed by atoms with Gasteiger partial charge >= 0.3 is 0 Å². The molecule has 2 heteroatoms. The molecule has 4 aromatic rings. The minimum Gasteiger partial charge on any atom is -0.494 e. The second-order valence-corrected chi connectivity index (χ2v) is 9.22. The van der Waals surface area contributed by atoms with Gasteiger partial charge in [0.15, 0.2) is 0 Å². The molecule has 0 amide bonds. The standard InChI is InChI=1S/C32H32O2/c1-3-23(2)24-13-15-25(16-14-24)32(26-17-19-27(20-18-26)34-22-8-21-33)30-11-6-4-9-28(30)29-10-5-7-12-31(29)32/h4-7,9-20,23,33H,3,8,21-22H2,1-2H3. The number of benzene rings is 4. The van der Waals surface area contributed by atoms with Gasteiger partial charge in [-0.3, -0.25) is 0 Å². The molecule has 1 aliphatic carbocycles. The molecule has 2 nitrogen and oxygen atoms in total. The third-order valence-corrected chi connectivity index (χ3v) is 7.34. The van der Waals surface area contributed by atoms with E-state index in [2.05, 4.69) is 111 Å². The van der Waals surface area contributed by atoms with Gasteiger partial charge in [0.1, 0.15) is 5.75 Å². The van der Waals surface area contributed by atoms with Crippen LogP contribution in [0.1, 0.15) is 60.4 Å². The average molecular weight is 449 g/mol. The van der Waals surface area contributed by atoms with Crippen LogP contribution in [0.5, 0.6) is 5.75 Å². The number of aliphatic hydroxyl groups is 1. The maximum absolute atomic E-state index is 9.07. The Morgan fingerprint density at radius 2 is 1.26 bits per heavy atom. The van der Waals surface area contributed by atoms with E-state index in [1.54, 1.807) is 0 Å². The van der Waals surface area contributed by atoms with Crippen LogP contribution in [0, 0.1) is 0 Å². The van der Waals surface area contributed by atoms with E-state index in [9.17, 15) is 0 Å². The van der Waals surface area contributed by atoms with Crippen molar-refractivity contribution in [2.24, 2.45) is 0 Å². The summed E-state index contributed by atoms with van der Waals surface area (Å²) in [6.07, 6.45) is 1.77. The first-order valence-corrected chi connectivity index (χ1v) is 12.3. The summed E-state index contributed by atoms with van der Waals surface area (Å²) < 4.78 is 5.84. The summed E-state index contributed by atoms with van der Waals surface area (Å²) in [5.74, 6) is 1.38. The molecule has 4 aromatic carbocycles. The molecule has 1 atom stereocenters. The molecule has 0 radical (unpaired) electrons. The van der Waals surface area contributed by atoms with E-state index in [1.165, 1.54) is 38.9 Å². The molecular formula is C32H32O2. The quantitative estimate of drug-likeness (QED) is 0.252. The summed E-state index contributed by atoms with van der Waals surface area (Å²) >= 11 is 0. The lowest BCUT2D eigenvalue weighted by Crippen LogP contribution is -2.28. The Hall–Kier alpha value is -3.36. The number of hydrogen-bond acceptors (Lipinski definition) is 2. The third kappa shape index (κ3) is 3.63. The fraction of sp³-hybridized carbons (Fsp3) is 0.250. The lowest BCUT2D eigenvalue weighted by atomic mass is 9.67. The van der Waals surface area contributed by atoms with Crippen molar-refractivity contribution < 1.29 is 9.84 Å². The molecule has 0 bridgehead atoms. The number of rotatable bonds is 8. The van der Waals surface area contributed by atoms with Crippen molar-refractivity contribution in [2.75, 3.05) is 13.2 Å². The normalized spacial score (nSPS) is 14.3. The van der Waals surface area contributed by atoms with Crippen molar-refractivity contribution in [3.05, 3.63) is 125 Å². The average Bonchev–Trinajstić information content (AvgIpc) is 3.20. The second-order valence-electron chi connectivity index (χ2n) is 9.22. The van der Waals surface area contributed by atoms with Crippen LogP contribution < -0.4 is 4.74 Å².